The molecular weight excluding hydrogens is 628 g/mol. The van der Waals surface area contributed by atoms with E-state index < -0.39 is 16.7 Å². The van der Waals surface area contributed by atoms with Gasteiger partial charge in [-0.1, -0.05) is 36.4 Å². The van der Waals surface area contributed by atoms with E-state index in [4.69, 9.17) is 19.4 Å². The van der Waals surface area contributed by atoms with Gasteiger partial charge in [-0.2, -0.15) is 0 Å². The smallest absolute Gasteiger partial charge is 0.411 e. The fraction of sp³-hybridized carbons (Fsp3) is 0.500. The van der Waals surface area contributed by atoms with E-state index in [0.29, 0.717) is 13.1 Å². The third kappa shape index (κ3) is 6.52. The Bertz CT molecular complexity index is 1900. The number of nitrogens with zero attached hydrogens (tertiary/aromatic N) is 4. The molecule has 0 bridgehead atoms. The fourth-order valence-electron chi connectivity index (χ4n) is 7.85. The second kappa shape index (κ2) is 12.6. The number of amides is 2. The maximum atomic E-state index is 13.0. The summed E-state index contributed by atoms with van der Waals surface area (Å²) in [6.07, 6.45) is 9.89. The van der Waals surface area contributed by atoms with Crippen molar-refractivity contribution in [2.45, 2.75) is 116 Å². The van der Waals surface area contributed by atoms with Gasteiger partial charge in [0.2, 0.25) is 0 Å². The topological polar surface area (TPSA) is 116 Å². The number of carbonyl (C=O) groups excluding carboxylic acids is 2. The lowest BCUT2D eigenvalue weighted by molar-refractivity contribution is 0.00857. The molecule has 0 radical (unpaired) electrons. The van der Waals surface area contributed by atoms with Gasteiger partial charge in [0, 0.05) is 18.7 Å². The van der Waals surface area contributed by atoms with Gasteiger partial charge in [0.15, 0.2) is 0 Å². The van der Waals surface area contributed by atoms with Crippen LogP contribution in [0.3, 0.4) is 0 Å². The summed E-state index contributed by atoms with van der Waals surface area (Å²) in [5, 5.41) is 0. The molecule has 2 amide bonds. The summed E-state index contributed by atoms with van der Waals surface area (Å²) in [6, 6.07) is 13.0. The van der Waals surface area contributed by atoms with E-state index in [2.05, 4.69) is 53.3 Å². The van der Waals surface area contributed by atoms with Crippen LogP contribution in [-0.2, 0) is 27.9 Å². The SMILES string of the molecule is CC(C)(C)OC(=O)N1CCCC1c1ncc(-c2ccc(-c3ccc(-c4cnc(C5(C)CCCN5C(=O)OC(C)(C)C)[nH]4)cc3)c3c2CCC3)[nH]1. The van der Waals surface area contributed by atoms with Gasteiger partial charge in [0.25, 0.3) is 0 Å². The first-order valence-corrected chi connectivity index (χ1v) is 18.1. The highest BCUT2D eigenvalue weighted by molar-refractivity contribution is 5.78. The molecule has 2 aliphatic heterocycles. The van der Waals surface area contributed by atoms with Gasteiger partial charge in [-0.15, -0.1) is 0 Å². The minimum atomic E-state index is -0.554. The van der Waals surface area contributed by atoms with Crippen LogP contribution in [0.4, 0.5) is 9.59 Å². The number of aromatic amines is 2. The van der Waals surface area contributed by atoms with Gasteiger partial charge in [-0.05, 0) is 121 Å². The Morgan fingerprint density at radius 3 is 2.12 bits per heavy atom. The molecule has 4 aromatic rings. The van der Waals surface area contributed by atoms with Gasteiger partial charge in [-0.3, -0.25) is 9.80 Å². The van der Waals surface area contributed by atoms with E-state index in [1.165, 1.54) is 27.8 Å². The number of carbonyl (C=O) groups is 2. The number of hydrogen-bond acceptors (Lipinski definition) is 6. The molecule has 4 heterocycles. The number of likely N-dealkylation sites (tertiary alicyclic amines) is 2. The maximum absolute atomic E-state index is 13.0. The Balaban J connectivity index is 1.09. The van der Waals surface area contributed by atoms with Crippen LogP contribution in [0.2, 0.25) is 0 Å². The van der Waals surface area contributed by atoms with E-state index >= 15 is 0 Å². The van der Waals surface area contributed by atoms with Crippen molar-refractivity contribution in [2.75, 3.05) is 13.1 Å². The standard InChI is InChI=1S/C40H50N6O4/c1-38(2,3)49-36(47)45-21-9-13-33(45)34-41-24-32(43-34)30-19-18-27(28-11-8-12-29(28)30)25-14-16-26(17-15-25)31-23-42-35(44-31)40(7)20-10-22-46(40)37(48)50-39(4,5)6/h14-19,23-24,33H,8-13,20-22H2,1-7H3,(H,41,43)(H,42,44). The molecule has 1 aliphatic carbocycles. The van der Waals surface area contributed by atoms with Gasteiger partial charge in [0.05, 0.1) is 29.8 Å². The molecular formula is C40H50N6O4. The molecule has 3 aliphatic rings. The molecule has 264 valence electrons. The molecule has 2 aromatic heterocycles. The van der Waals surface area contributed by atoms with Crippen LogP contribution >= 0.6 is 0 Å². The molecule has 2 aromatic carbocycles. The van der Waals surface area contributed by atoms with E-state index in [9.17, 15) is 9.59 Å². The third-order valence-electron chi connectivity index (χ3n) is 10.2. The molecule has 2 unspecified atom stereocenters. The summed E-state index contributed by atoms with van der Waals surface area (Å²) in [5.74, 6) is 1.59. The average Bonchev–Trinajstić information content (AvgIpc) is 3.88. The number of fused-ring (bicyclic) bond motifs is 1. The largest absolute Gasteiger partial charge is 0.444 e. The first-order valence-electron chi connectivity index (χ1n) is 18.1. The zero-order valence-electron chi connectivity index (χ0n) is 30.5. The first kappa shape index (κ1) is 33.9. The van der Waals surface area contributed by atoms with Gasteiger partial charge >= 0.3 is 12.2 Å². The summed E-state index contributed by atoms with van der Waals surface area (Å²) >= 11 is 0. The van der Waals surface area contributed by atoms with Crippen LogP contribution in [0, 0.1) is 0 Å². The van der Waals surface area contributed by atoms with Crippen LogP contribution in [-0.4, -0.2) is 66.2 Å². The molecule has 0 spiro atoms. The Morgan fingerprint density at radius 2 is 1.40 bits per heavy atom. The highest BCUT2D eigenvalue weighted by Gasteiger charge is 2.45. The lowest BCUT2D eigenvalue weighted by atomic mass is 9.92. The van der Waals surface area contributed by atoms with E-state index in [1.807, 2.05) is 63.7 Å². The average molecular weight is 679 g/mol. The second-order valence-corrected chi connectivity index (χ2v) is 16.2. The predicted molar refractivity (Wildman–Crippen MR) is 194 cm³/mol. The molecule has 2 atom stereocenters. The quantitative estimate of drug-likeness (QED) is 0.218. The zero-order valence-corrected chi connectivity index (χ0v) is 30.5. The Labute approximate surface area is 295 Å². The number of benzene rings is 2. The minimum absolute atomic E-state index is 0.111. The van der Waals surface area contributed by atoms with E-state index in [0.717, 1.165) is 73.5 Å². The molecule has 10 nitrogen and oxygen atoms in total. The van der Waals surface area contributed by atoms with Gasteiger partial charge < -0.3 is 19.4 Å². The first-order chi connectivity index (χ1) is 23.7. The monoisotopic (exact) mass is 678 g/mol. The predicted octanol–water partition coefficient (Wildman–Crippen LogP) is 8.94. The summed E-state index contributed by atoms with van der Waals surface area (Å²) < 4.78 is 11.4. The number of H-pyrrole nitrogens is 2. The van der Waals surface area contributed by atoms with Crippen LogP contribution in [0.15, 0.2) is 48.8 Å². The maximum Gasteiger partial charge on any atom is 0.411 e. The lowest BCUT2D eigenvalue weighted by Crippen LogP contribution is -2.46. The van der Waals surface area contributed by atoms with Crippen molar-refractivity contribution < 1.29 is 19.1 Å². The minimum Gasteiger partial charge on any atom is -0.444 e. The molecule has 2 fully saturated rings. The van der Waals surface area contributed by atoms with Crippen molar-refractivity contribution in [1.29, 1.82) is 0 Å². The van der Waals surface area contributed by atoms with Crippen LogP contribution in [0.1, 0.15) is 109 Å². The van der Waals surface area contributed by atoms with Crippen molar-refractivity contribution in [2.24, 2.45) is 0 Å². The molecule has 2 saturated heterocycles. The fourth-order valence-corrected chi connectivity index (χ4v) is 7.85. The van der Waals surface area contributed by atoms with E-state index in [-0.39, 0.29) is 18.2 Å². The highest BCUT2D eigenvalue weighted by Crippen LogP contribution is 2.41. The lowest BCUT2D eigenvalue weighted by Gasteiger charge is -2.34. The van der Waals surface area contributed by atoms with Crippen molar-refractivity contribution in [3.8, 4) is 33.6 Å². The van der Waals surface area contributed by atoms with E-state index in [1.54, 1.807) is 0 Å². The second-order valence-electron chi connectivity index (χ2n) is 16.2. The third-order valence-corrected chi connectivity index (χ3v) is 10.2. The molecule has 10 heteroatoms. The van der Waals surface area contributed by atoms with Crippen molar-refractivity contribution in [3.63, 3.8) is 0 Å². The summed E-state index contributed by atoms with van der Waals surface area (Å²) in [6.45, 7) is 14.8. The molecule has 2 N–H and O–H groups in total. The van der Waals surface area contributed by atoms with Crippen LogP contribution in [0.5, 0.6) is 0 Å². The molecule has 0 saturated carbocycles. The summed E-state index contributed by atoms with van der Waals surface area (Å²) in [7, 11) is 0. The van der Waals surface area contributed by atoms with Gasteiger partial charge in [-0.25, -0.2) is 19.6 Å². The van der Waals surface area contributed by atoms with Gasteiger partial charge in [0.1, 0.15) is 28.4 Å². The number of rotatable bonds is 5. The van der Waals surface area contributed by atoms with Crippen LogP contribution < -0.4 is 0 Å². The summed E-state index contributed by atoms with van der Waals surface area (Å²) in [5.41, 5.74) is 7.71. The number of ether oxygens (including phenoxy) is 2. The van der Waals surface area contributed by atoms with Crippen molar-refractivity contribution >= 4 is 12.2 Å². The normalized spacial score (nSPS) is 20.7. The Kier molecular flexibility index (Phi) is 8.55. The Hall–Kier alpha value is -4.60. The number of imidazole rings is 2. The van der Waals surface area contributed by atoms with Crippen molar-refractivity contribution in [3.05, 3.63) is 71.6 Å². The van der Waals surface area contributed by atoms with Crippen LogP contribution in [0.25, 0.3) is 33.6 Å². The number of aromatic nitrogens is 4. The molecule has 50 heavy (non-hydrogen) atoms. The number of nitrogens with one attached hydrogen (secondary N) is 2. The number of hydrogen-bond donors (Lipinski definition) is 2. The molecule has 7 rings (SSSR count). The zero-order chi connectivity index (χ0) is 35.4. The highest BCUT2D eigenvalue weighted by atomic mass is 16.6. The summed E-state index contributed by atoms with van der Waals surface area (Å²) in [4.78, 5) is 46.2. The Morgan fingerprint density at radius 1 is 0.760 bits per heavy atom. The van der Waals surface area contributed by atoms with Crippen molar-refractivity contribution in [1.82, 2.24) is 29.7 Å².